The first-order chi connectivity index (χ1) is 7.70. The Hall–Kier alpha value is -2.17. The molecule has 0 fully saturated rings. The first-order valence-electron chi connectivity index (χ1n) is 4.70. The van der Waals surface area contributed by atoms with Gasteiger partial charge in [-0.2, -0.15) is 4.98 Å². The summed E-state index contributed by atoms with van der Waals surface area (Å²) in [6, 6.07) is 7.18. The van der Waals surface area contributed by atoms with E-state index < -0.39 is 0 Å². The van der Waals surface area contributed by atoms with E-state index in [0.717, 1.165) is 11.3 Å². The highest BCUT2D eigenvalue weighted by Gasteiger charge is 2.11. The third-order valence-corrected chi connectivity index (χ3v) is 2.08. The molecule has 0 atom stereocenters. The van der Waals surface area contributed by atoms with Crippen molar-refractivity contribution in [2.45, 2.75) is 6.92 Å². The number of Topliss-reactive ketones (excluding diaryl/α,β-unsaturated/α-hetero) is 1. The Labute approximate surface area is 92.0 Å². The quantitative estimate of drug-likeness (QED) is 0.736. The molecule has 82 valence electrons. The van der Waals surface area contributed by atoms with Crippen molar-refractivity contribution in [1.82, 2.24) is 10.1 Å². The van der Waals surface area contributed by atoms with E-state index >= 15 is 0 Å². The number of hydrogen-bond donors (Lipinski definition) is 0. The minimum atomic E-state index is -0.243. The van der Waals surface area contributed by atoms with Gasteiger partial charge in [0.2, 0.25) is 11.6 Å². The van der Waals surface area contributed by atoms with Crippen LogP contribution >= 0.6 is 0 Å². The molecule has 1 heterocycles. The average Bonchev–Trinajstić information content (AvgIpc) is 2.78. The van der Waals surface area contributed by atoms with Gasteiger partial charge in [0, 0.05) is 12.5 Å². The molecule has 0 spiro atoms. The van der Waals surface area contributed by atoms with Gasteiger partial charge in [-0.25, -0.2) is 0 Å². The molecule has 0 bridgehead atoms. The van der Waals surface area contributed by atoms with Gasteiger partial charge < -0.3 is 9.26 Å². The molecule has 1 aromatic carbocycles. The van der Waals surface area contributed by atoms with Crippen molar-refractivity contribution in [3.05, 3.63) is 30.2 Å². The van der Waals surface area contributed by atoms with Gasteiger partial charge in [-0.3, -0.25) is 4.79 Å². The van der Waals surface area contributed by atoms with Crippen molar-refractivity contribution < 1.29 is 14.1 Å². The zero-order valence-electron chi connectivity index (χ0n) is 8.93. The van der Waals surface area contributed by atoms with Gasteiger partial charge in [-0.05, 0) is 24.3 Å². The number of carbonyl (C=O) groups excluding carboxylic acids is 1. The molecule has 5 nitrogen and oxygen atoms in total. The van der Waals surface area contributed by atoms with Crippen LogP contribution in [0.15, 0.2) is 28.8 Å². The summed E-state index contributed by atoms with van der Waals surface area (Å²) in [5, 5.41) is 3.72. The minimum Gasteiger partial charge on any atom is -0.497 e. The third kappa shape index (κ3) is 1.93. The van der Waals surface area contributed by atoms with Crippen LogP contribution in [0.5, 0.6) is 5.75 Å². The molecule has 0 N–H and O–H groups in total. The van der Waals surface area contributed by atoms with Crippen LogP contribution in [-0.4, -0.2) is 23.0 Å². The summed E-state index contributed by atoms with van der Waals surface area (Å²) in [4.78, 5) is 14.9. The molecule has 0 radical (unpaired) electrons. The van der Waals surface area contributed by atoms with Crippen LogP contribution in [0.25, 0.3) is 11.4 Å². The van der Waals surface area contributed by atoms with Crippen molar-refractivity contribution in [3.8, 4) is 17.1 Å². The lowest BCUT2D eigenvalue weighted by atomic mass is 10.2. The fourth-order valence-corrected chi connectivity index (χ4v) is 1.22. The van der Waals surface area contributed by atoms with Crippen molar-refractivity contribution in [3.63, 3.8) is 0 Å². The Morgan fingerprint density at radius 1 is 1.31 bits per heavy atom. The second kappa shape index (κ2) is 4.14. The first-order valence-corrected chi connectivity index (χ1v) is 4.70. The van der Waals surface area contributed by atoms with Crippen molar-refractivity contribution >= 4 is 5.78 Å². The summed E-state index contributed by atoms with van der Waals surface area (Å²) in [5.41, 5.74) is 0.775. The molecule has 0 saturated heterocycles. The molecule has 16 heavy (non-hydrogen) atoms. The number of ether oxygens (including phenoxy) is 1. The Kier molecular flexibility index (Phi) is 2.68. The highest BCUT2D eigenvalue weighted by molar-refractivity contribution is 5.89. The van der Waals surface area contributed by atoms with E-state index in [-0.39, 0.29) is 11.7 Å². The Bertz CT molecular complexity index is 502. The molecule has 0 aliphatic rings. The molecule has 2 rings (SSSR count). The summed E-state index contributed by atoms with van der Waals surface area (Å²) in [5.74, 6) is 0.921. The Balaban J connectivity index is 2.31. The molecular formula is C11H10N2O3. The minimum absolute atomic E-state index is 0.0193. The van der Waals surface area contributed by atoms with Crippen molar-refractivity contribution in [1.29, 1.82) is 0 Å². The maximum Gasteiger partial charge on any atom is 0.294 e. The maximum atomic E-state index is 11.0. The van der Waals surface area contributed by atoms with Gasteiger partial charge in [-0.15, -0.1) is 0 Å². The highest BCUT2D eigenvalue weighted by atomic mass is 16.5. The predicted molar refractivity (Wildman–Crippen MR) is 56.3 cm³/mol. The fourth-order valence-electron chi connectivity index (χ4n) is 1.22. The molecular weight excluding hydrogens is 208 g/mol. The van der Waals surface area contributed by atoms with Crippen LogP contribution in [0.3, 0.4) is 0 Å². The van der Waals surface area contributed by atoms with Crippen molar-refractivity contribution in [2.24, 2.45) is 0 Å². The standard InChI is InChI=1S/C11H10N2O3/c1-7(14)11-12-10(13-16-11)8-3-5-9(15-2)6-4-8/h3-6H,1-2H3. The van der Waals surface area contributed by atoms with E-state index in [4.69, 9.17) is 9.26 Å². The van der Waals surface area contributed by atoms with E-state index in [0.29, 0.717) is 5.82 Å². The molecule has 5 heteroatoms. The topological polar surface area (TPSA) is 65.2 Å². The number of nitrogens with zero attached hydrogens (tertiary/aromatic N) is 2. The van der Waals surface area contributed by atoms with Crippen LogP contribution in [0.1, 0.15) is 17.6 Å². The van der Waals surface area contributed by atoms with Gasteiger partial charge >= 0.3 is 0 Å². The molecule has 1 aromatic heterocycles. The third-order valence-electron chi connectivity index (χ3n) is 2.08. The van der Waals surface area contributed by atoms with Gasteiger partial charge in [0.1, 0.15) is 5.75 Å². The average molecular weight is 218 g/mol. The van der Waals surface area contributed by atoms with Crippen LogP contribution in [0.4, 0.5) is 0 Å². The molecule has 0 aliphatic heterocycles. The van der Waals surface area contributed by atoms with Gasteiger partial charge in [0.25, 0.3) is 5.89 Å². The monoisotopic (exact) mass is 218 g/mol. The maximum absolute atomic E-state index is 11.0. The smallest absolute Gasteiger partial charge is 0.294 e. The number of benzene rings is 1. The normalized spacial score (nSPS) is 10.1. The molecule has 0 aliphatic carbocycles. The molecule has 0 unspecified atom stereocenters. The molecule has 2 aromatic rings. The summed E-state index contributed by atoms with van der Waals surface area (Å²) in [6.07, 6.45) is 0. The van der Waals surface area contributed by atoms with E-state index in [9.17, 15) is 4.79 Å². The zero-order chi connectivity index (χ0) is 11.5. The number of ketones is 1. The summed E-state index contributed by atoms with van der Waals surface area (Å²) < 4.78 is 9.83. The molecule has 0 amide bonds. The number of hydrogen-bond acceptors (Lipinski definition) is 5. The number of methoxy groups -OCH3 is 1. The second-order valence-electron chi connectivity index (χ2n) is 3.21. The van der Waals surface area contributed by atoms with Crippen molar-refractivity contribution in [2.75, 3.05) is 7.11 Å². The van der Waals surface area contributed by atoms with Crippen LogP contribution in [0.2, 0.25) is 0 Å². The van der Waals surface area contributed by atoms with E-state index in [1.54, 1.807) is 31.4 Å². The lowest BCUT2D eigenvalue weighted by molar-refractivity contribution is 0.0972. The van der Waals surface area contributed by atoms with Gasteiger partial charge in [-0.1, -0.05) is 5.16 Å². The number of aromatic nitrogens is 2. The van der Waals surface area contributed by atoms with E-state index in [2.05, 4.69) is 10.1 Å². The van der Waals surface area contributed by atoms with Gasteiger partial charge in [0.15, 0.2) is 0 Å². The first kappa shape index (κ1) is 10.4. The lowest BCUT2D eigenvalue weighted by Crippen LogP contribution is -1.91. The summed E-state index contributed by atoms with van der Waals surface area (Å²) >= 11 is 0. The summed E-state index contributed by atoms with van der Waals surface area (Å²) in [7, 11) is 1.59. The zero-order valence-corrected chi connectivity index (χ0v) is 8.93. The number of rotatable bonds is 3. The van der Waals surface area contributed by atoms with E-state index in [1.165, 1.54) is 6.92 Å². The summed E-state index contributed by atoms with van der Waals surface area (Å²) in [6.45, 7) is 1.38. The van der Waals surface area contributed by atoms with Crippen LogP contribution in [0, 0.1) is 0 Å². The number of carbonyl (C=O) groups is 1. The Morgan fingerprint density at radius 3 is 2.50 bits per heavy atom. The van der Waals surface area contributed by atoms with Crippen LogP contribution in [-0.2, 0) is 0 Å². The van der Waals surface area contributed by atoms with Crippen LogP contribution < -0.4 is 4.74 Å². The molecule has 0 saturated carbocycles. The lowest BCUT2D eigenvalue weighted by Gasteiger charge is -1.98. The largest absolute Gasteiger partial charge is 0.497 e. The Morgan fingerprint density at radius 2 is 2.00 bits per heavy atom. The second-order valence-corrected chi connectivity index (χ2v) is 3.21. The predicted octanol–water partition coefficient (Wildman–Crippen LogP) is 1.95. The highest BCUT2D eigenvalue weighted by Crippen LogP contribution is 2.19. The van der Waals surface area contributed by atoms with E-state index in [1.807, 2.05) is 0 Å². The SMILES string of the molecule is COc1ccc(-c2noc(C(C)=O)n2)cc1. The van der Waals surface area contributed by atoms with Gasteiger partial charge in [0.05, 0.1) is 7.11 Å². The fraction of sp³-hybridized carbons (Fsp3) is 0.182.